The second-order valence-corrected chi connectivity index (χ2v) is 5.31. The van der Waals surface area contributed by atoms with E-state index >= 15 is 0 Å². The zero-order valence-electron chi connectivity index (χ0n) is 12.7. The summed E-state index contributed by atoms with van der Waals surface area (Å²) in [7, 11) is 1.96. The van der Waals surface area contributed by atoms with Crippen LogP contribution in [-0.2, 0) is 9.47 Å². The zero-order valence-corrected chi connectivity index (χ0v) is 12.7. The van der Waals surface area contributed by atoms with Gasteiger partial charge in [0.25, 0.3) is 0 Å². The molecule has 0 aliphatic carbocycles. The van der Waals surface area contributed by atoms with Crippen molar-refractivity contribution in [2.75, 3.05) is 44.0 Å². The Balaban J connectivity index is 2.08. The first kappa shape index (κ1) is 15.6. The molecule has 0 saturated carbocycles. The monoisotopic (exact) mass is 293 g/mol. The Bertz CT molecular complexity index is 487. The minimum Gasteiger partial charge on any atom is -0.462 e. The summed E-state index contributed by atoms with van der Waals surface area (Å²) in [6, 6.07) is 1.69. The van der Waals surface area contributed by atoms with Gasteiger partial charge in [-0.3, -0.25) is 0 Å². The van der Waals surface area contributed by atoms with Gasteiger partial charge >= 0.3 is 5.97 Å². The molecule has 1 aromatic rings. The van der Waals surface area contributed by atoms with Crippen LogP contribution in [0.1, 0.15) is 30.1 Å². The van der Waals surface area contributed by atoms with Crippen LogP contribution in [0.2, 0.25) is 0 Å². The summed E-state index contributed by atoms with van der Waals surface area (Å²) in [6.45, 7) is 4.58. The van der Waals surface area contributed by atoms with E-state index in [1.807, 2.05) is 11.9 Å². The maximum absolute atomic E-state index is 11.9. The van der Waals surface area contributed by atoms with Crippen molar-refractivity contribution in [3.8, 4) is 0 Å². The molecule has 1 atom stereocenters. The highest BCUT2D eigenvalue weighted by Crippen LogP contribution is 2.21. The van der Waals surface area contributed by atoms with Crippen molar-refractivity contribution in [2.24, 2.45) is 5.92 Å². The molecule has 2 N–H and O–H groups in total. The molecule has 0 radical (unpaired) electrons. The second kappa shape index (κ2) is 7.26. The van der Waals surface area contributed by atoms with Crippen LogP contribution in [0, 0.1) is 5.92 Å². The van der Waals surface area contributed by atoms with E-state index in [9.17, 15) is 4.79 Å². The van der Waals surface area contributed by atoms with Crippen molar-refractivity contribution >= 4 is 17.5 Å². The van der Waals surface area contributed by atoms with E-state index < -0.39 is 5.97 Å². The number of nitrogens with zero attached hydrogens (tertiary/aromatic N) is 2. The molecule has 1 fully saturated rings. The van der Waals surface area contributed by atoms with Crippen LogP contribution in [0.4, 0.5) is 11.5 Å². The van der Waals surface area contributed by atoms with Crippen molar-refractivity contribution in [1.82, 2.24) is 4.98 Å². The van der Waals surface area contributed by atoms with Gasteiger partial charge in [0.1, 0.15) is 5.82 Å². The van der Waals surface area contributed by atoms with Gasteiger partial charge in [0.15, 0.2) is 0 Å². The van der Waals surface area contributed by atoms with Gasteiger partial charge < -0.3 is 20.1 Å². The Kier molecular flexibility index (Phi) is 5.38. The lowest BCUT2D eigenvalue weighted by Crippen LogP contribution is -2.31. The first-order valence-corrected chi connectivity index (χ1v) is 7.33. The number of ether oxygens (including phenoxy) is 2. The average molecular weight is 293 g/mol. The molecule has 1 aromatic heterocycles. The highest BCUT2D eigenvalue weighted by atomic mass is 16.5. The fourth-order valence-corrected chi connectivity index (χ4v) is 2.48. The Labute approximate surface area is 125 Å². The van der Waals surface area contributed by atoms with Gasteiger partial charge in [-0.25, -0.2) is 9.78 Å². The number of nitrogens with two attached hydrogens (primary N) is 1. The molecule has 1 aliphatic rings. The van der Waals surface area contributed by atoms with Gasteiger partial charge in [-0.2, -0.15) is 0 Å². The second-order valence-electron chi connectivity index (χ2n) is 5.31. The molecule has 1 saturated heterocycles. The topological polar surface area (TPSA) is 77.7 Å². The van der Waals surface area contributed by atoms with Gasteiger partial charge in [-0.05, 0) is 31.7 Å². The summed E-state index contributed by atoms with van der Waals surface area (Å²) >= 11 is 0. The van der Waals surface area contributed by atoms with Crippen LogP contribution in [0.3, 0.4) is 0 Å². The van der Waals surface area contributed by atoms with Gasteiger partial charge in [-0.1, -0.05) is 0 Å². The molecule has 21 heavy (non-hydrogen) atoms. The van der Waals surface area contributed by atoms with Gasteiger partial charge in [0.2, 0.25) is 0 Å². The number of aromatic nitrogens is 1. The third kappa shape index (κ3) is 4.07. The fourth-order valence-electron chi connectivity index (χ4n) is 2.48. The van der Waals surface area contributed by atoms with Crippen molar-refractivity contribution in [3.63, 3.8) is 0 Å². The predicted molar refractivity (Wildman–Crippen MR) is 81.4 cm³/mol. The SMILES string of the molecule is CCOC(=O)c1cc(N(C)CC2CCCOC2)ncc1N. The number of nitrogen functional groups attached to an aromatic ring is 1. The van der Waals surface area contributed by atoms with Crippen LogP contribution in [-0.4, -0.2) is 44.4 Å². The Morgan fingerprint density at radius 2 is 2.43 bits per heavy atom. The van der Waals surface area contributed by atoms with Crippen LogP contribution >= 0.6 is 0 Å². The lowest BCUT2D eigenvalue weighted by atomic mass is 10.0. The highest BCUT2D eigenvalue weighted by molar-refractivity contribution is 5.95. The van der Waals surface area contributed by atoms with Gasteiger partial charge in [0.05, 0.1) is 30.7 Å². The van der Waals surface area contributed by atoms with E-state index in [1.54, 1.807) is 13.0 Å². The Hall–Kier alpha value is -1.82. The van der Waals surface area contributed by atoms with Crippen LogP contribution < -0.4 is 10.6 Å². The fraction of sp³-hybridized carbons (Fsp3) is 0.600. The number of esters is 1. The summed E-state index contributed by atoms with van der Waals surface area (Å²) in [4.78, 5) is 18.2. The number of anilines is 2. The first-order chi connectivity index (χ1) is 10.1. The summed E-state index contributed by atoms with van der Waals surface area (Å²) < 4.78 is 10.5. The third-order valence-corrected chi connectivity index (χ3v) is 3.59. The molecule has 2 heterocycles. The van der Waals surface area contributed by atoms with E-state index in [1.165, 1.54) is 6.20 Å². The van der Waals surface area contributed by atoms with E-state index in [4.69, 9.17) is 15.2 Å². The van der Waals surface area contributed by atoms with Crippen LogP contribution in [0.5, 0.6) is 0 Å². The summed E-state index contributed by atoms with van der Waals surface area (Å²) in [5, 5.41) is 0. The average Bonchev–Trinajstić information content (AvgIpc) is 2.48. The minimum atomic E-state index is -0.409. The van der Waals surface area contributed by atoms with Crippen LogP contribution in [0.25, 0.3) is 0 Å². The zero-order chi connectivity index (χ0) is 15.2. The van der Waals surface area contributed by atoms with Crippen molar-refractivity contribution in [3.05, 3.63) is 17.8 Å². The Morgan fingerprint density at radius 3 is 3.10 bits per heavy atom. The van der Waals surface area contributed by atoms with Gasteiger partial charge in [0, 0.05) is 20.2 Å². The molecule has 0 amide bonds. The smallest absolute Gasteiger partial charge is 0.340 e. The van der Waals surface area contributed by atoms with E-state index in [0.29, 0.717) is 23.8 Å². The molecular weight excluding hydrogens is 270 g/mol. The number of hydrogen-bond donors (Lipinski definition) is 1. The van der Waals surface area contributed by atoms with Crippen molar-refractivity contribution in [1.29, 1.82) is 0 Å². The molecular formula is C15H23N3O3. The number of carbonyl (C=O) groups is 1. The lowest BCUT2D eigenvalue weighted by molar-refractivity contribution is 0.0527. The molecule has 0 spiro atoms. The lowest BCUT2D eigenvalue weighted by Gasteiger charge is -2.28. The molecule has 116 valence electrons. The van der Waals surface area contributed by atoms with Crippen molar-refractivity contribution < 1.29 is 14.3 Å². The number of carbonyl (C=O) groups excluding carboxylic acids is 1. The number of pyridine rings is 1. The number of hydrogen-bond acceptors (Lipinski definition) is 6. The van der Waals surface area contributed by atoms with E-state index in [-0.39, 0.29) is 0 Å². The molecule has 1 aliphatic heterocycles. The highest BCUT2D eigenvalue weighted by Gasteiger charge is 2.18. The minimum absolute atomic E-state index is 0.325. The normalized spacial score (nSPS) is 18.3. The predicted octanol–water partition coefficient (Wildman–Crippen LogP) is 1.70. The van der Waals surface area contributed by atoms with Crippen LogP contribution in [0.15, 0.2) is 12.3 Å². The maximum Gasteiger partial charge on any atom is 0.340 e. The first-order valence-electron chi connectivity index (χ1n) is 7.33. The largest absolute Gasteiger partial charge is 0.462 e. The van der Waals surface area contributed by atoms with E-state index in [2.05, 4.69) is 4.98 Å². The molecule has 6 heteroatoms. The van der Waals surface area contributed by atoms with E-state index in [0.717, 1.165) is 38.4 Å². The quantitative estimate of drug-likeness (QED) is 0.833. The maximum atomic E-state index is 11.9. The summed E-state index contributed by atoms with van der Waals surface area (Å²) in [5.74, 6) is 0.806. The Morgan fingerprint density at radius 1 is 1.62 bits per heavy atom. The standard InChI is InChI=1S/C15H23N3O3/c1-3-21-15(19)12-7-14(17-8-13(12)16)18(2)9-11-5-4-6-20-10-11/h7-8,11H,3-6,9-10,16H2,1-2H3. The number of rotatable bonds is 5. The molecule has 1 unspecified atom stereocenters. The van der Waals surface area contributed by atoms with Crippen molar-refractivity contribution in [2.45, 2.75) is 19.8 Å². The summed E-state index contributed by atoms with van der Waals surface area (Å²) in [5.41, 5.74) is 6.51. The molecule has 2 rings (SSSR count). The summed E-state index contributed by atoms with van der Waals surface area (Å²) in [6.07, 6.45) is 3.77. The molecule has 6 nitrogen and oxygen atoms in total. The molecule has 0 aromatic carbocycles. The third-order valence-electron chi connectivity index (χ3n) is 3.59. The van der Waals surface area contributed by atoms with Gasteiger partial charge in [-0.15, -0.1) is 0 Å². The molecule has 0 bridgehead atoms.